The van der Waals surface area contributed by atoms with Gasteiger partial charge in [-0.3, -0.25) is 9.78 Å². The fraction of sp³-hybridized carbons (Fsp3) is 0.200. The van der Waals surface area contributed by atoms with E-state index in [1.54, 1.807) is 6.20 Å². The lowest BCUT2D eigenvalue weighted by atomic mass is 9.84. The highest BCUT2D eigenvalue weighted by atomic mass is 16.1. The second kappa shape index (κ2) is 5.45. The van der Waals surface area contributed by atoms with Crippen LogP contribution in [0.15, 0.2) is 54.7 Å². The van der Waals surface area contributed by atoms with E-state index in [2.05, 4.69) is 4.98 Å². The molecule has 0 spiro atoms. The van der Waals surface area contributed by atoms with E-state index in [1.807, 2.05) is 55.5 Å². The Morgan fingerprint density at radius 1 is 1.11 bits per heavy atom. The Morgan fingerprint density at radius 3 is 2.33 bits per heavy atom. The molecular weight excluding hydrogens is 224 g/mol. The molecule has 0 aliphatic rings. The maximum atomic E-state index is 11.7. The first-order valence-corrected chi connectivity index (χ1v) is 5.95. The lowest BCUT2D eigenvalue weighted by molar-refractivity contribution is -0.119. The van der Waals surface area contributed by atoms with Crippen molar-refractivity contribution in [3.8, 4) is 0 Å². The van der Waals surface area contributed by atoms with Crippen LogP contribution in [0.5, 0.6) is 0 Å². The van der Waals surface area contributed by atoms with E-state index in [0.29, 0.717) is 0 Å². The summed E-state index contributed by atoms with van der Waals surface area (Å²) in [4.78, 5) is 15.9. The van der Waals surface area contributed by atoms with Gasteiger partial charge in [-0.05, 0) is 23.6 Å². The molecule has 3 heteroatoms. The van der Waals surface area contributed by atoms with Gasteiger partial charge >= 0.3 is 0 Å². The average Bonchev–Trinajstić information content (AvgIpc) is 2.40. The molecule has 0 bridgehead atoms. The third-order valence-corrected chi connectivity index (χ3v) is 3.14. The van der Waals surface area contributed by atoms with Gasteiger partial charge < -0.3 is 5.73 Å². The number of nitrogens with zero attached hydrogens (tertiary/aromatic N) is 1. The van der Waals surface area contributed by atoms with Crippen LogP contribution < -0.4 is 5.73 Å². The first-order valence-electron chi connectivity index (χ1n) is 5.95. The zero-order valence-corrected chi connectivity index (χ0v) is 10.3. The third kappa shape index (κ3) is 2.56. The maximum Gasteiger partial charge on any atom is 0.227 e. The van der Waals surface area contributed by atoms with Gasteiger partial charge in [-0.2, -0.15) is 0 Å². The number of nitrogens with two attached hydrogens (primary N) is 1. The fourth-order valence-corrected chi connectivity index (χ4v) is 2.16. The van der Waals surface area contributed by atoms with Crippen molar-refractivity contribution in [3.05, 3.63) is 66.0 Å². The Balaban J connectivity index is 2.35. The highest BCUT2D eigenvalue weighted by Gasteiger charge is 2.26. The normalized spacial score (nSPS) is 13.8. The Kier molecular flexibility index (Phi) is 3.72. The number of primary amides is 1. The van der Waals surface area contributed by atoms with Crippen LogP contribution in [0.1, 0.15) is 30.0 Å². The van der Waals surface area contributed by atoms with Crippen molar-refractivity contribution in [2.75, 3.05) is 0 Å². The average molecular weight is 240 g/mol. The summed E-state index contributed by atoms with van der Waals surface area (Å²) < 4.78 is 0. The molecule has 0 saturated carbocycles. The Hall–Kier alpha value is -2.16. The van der Waals surface area contributed by atoms with Crippen LogP contribution in [0.25, 0.3) is 0 Å². The molecule has 1 aromatic heterocycles. The summed E-state index contributed by atoms with van der Waals surface area (Å²) in [6, 6.07) is 15.4. The molecule has 0 radical (unpaired) electrons. The Morgan fingerprint density at radius 2 is 1.78 bits per heavy atom. The van der Waals surface area contributed by atoms with Crippen LogP contribution in [-0.2, 0) is 4.79 Å². The summed E-state index contributed by atoms with van der Waals surface area (Å²) in [7, 11) is 0. The predicted octanol–water partition coefficient (Wildman–Crippen LogP) is 2.45. The van der Waals surface area contributed by atoms with Crippen molar-refractivity contribution in [3.63, 3.8) is 0 Å². The molecule has 2 atom stereocenters. The molecular formula is C15H16N2O. The van der Waals surface area contributed by atoms with Crippen LogP contribution in [-0.4, -0.2) is 10.9 Å². The number of hydrogen-bond acceptors (Lipinski definition) is 2. The second-order valence-electron chi connectivity index (χ2n) is 4.33. The summed E-state index contributed by atoms with van der Waals surface area (Å²) in [6.45, 7) is 2.00. The quantitative estimate of drug-likeness (QED) is 0.892. The van der Waals surface area contributed by atoms with Gasteiger partial charge in [0.05, 0.1) is 11.6 Å². The number of carbonyl (C=O) groups excluding carboxylic acids is 1. The molecule has 0 saturated heterocycles. The predicted molar refractivity (Wildman–Crippen MR) is 71.0 cm³/mol. The first kappa shape index (κ1) is 12.3. The largest absolute Gasteiger partial charge is 0.369 e. The topological polar surface area (TPSA) is 56.0 Å². The van der Waals surface area contributed by atoms with E-state index in [-0.39, 0.29) is 11.8 Å². The molecule has 2 rings (SSSR count). The monoisotopic (exact) mass is 240 g/mol. The second-order valence-corrected chi connectivity index (χ2v) is 4.33. The van der Waals surface area contributed by atoms with Gasteiger partial charge in [0.15, 0.2) is 0 Å². The SMILES string of the molecule is CC(c1ccccc1)C(C(N)=O)c1ccccn1. The fourth-order valence-electron chi connectivity index (χ4n) is 2.16. The molecule has 92 valence electrons. The summed E-state index contributed by atoms with van der Waals surface area (Å²) in [5, 5.41) is 0. The number of pyridine rings is 1. The molecule has 1 aromatic carbocycles. The van der Waals surface area contributed by atoms with Crippen molar-refractivity contribution in [2.45, 2.75) is 18.8 Å². The van der Waals surface area contributed by atoms with E-state index in [1.165, 1.54) is 0 Å². The first-order chi connectivity index (χ1) is 8.70. The lowest BCUT2D eigenvalue weighted by Crippen LogP contribution is -2.26. The summed E-state index contributed by atoms with van der Waals surface area (Å²) in [5.74, 6) is -0.725. The van der Waals surface area contributed by atoms with Crippen molar-refractivity contribution in [1.29, 1.82) is 0 Å². The molecule has 1 amide bonds. The van der Waals surface area contributed by atoms with Gasteiger partial charge in [-0.1, -0.05) is 43.3 Å². The number of carbonyl (C=O) groups is 1. The van der Waals surface area contributed by atoms with Crippen LogP contribution in [0.3, 0.4) is 0 Å². The van der Waals surface area contributed by atoms with Gasteiger partial charge in [0.2, 0.25) is 5.91 Å². The molecule has 2 N–H and O–H groups in total. The summed E-state index contributed by atoms with van der Waals surface area (Å²) in [5.41, 5.74) is 7.34. The van der Waals surface area contributed by atoms with Crippen LogP contribution in [0.2, 0.25) is 0 Å². The Bertz CT molecular complexity index is 511. The number of rotatable bonds is 4. The number of benzene rings is 1. The van der Waals surface area contributed by atoms with Crippen LogP contribution >= 0.6 is 0 Å². The zero-order chi connectivity index (χ0) is 13.0. The molecule has 0 aliphatic carbocycles. The minimum Gasteiger partial charge on any atom is -0.369 e. The van der Waals surface area contributed by atoms with Gasteiger partial charge in [-0.25, -0.2) is 0 Å². The third-order valence-electron chi connectivity index (χ3n) is 3.14. The highest BCUT2D eigenvalue weighted by molar-refractivity contribution is 5.82. The van der Waals surface area contributed by atoms with Gasteiger partial charge in [0.1, 0.15) is 0 Å². The zero-order valence-electron chi connectivity index (χ0n) is 10.3. The van der Waals surface area contributed by atoms with E-state index >= 15 is 0 Å². The van der Waals surface area contributed by atoms with Crippen molar-refractivity contribution in [1.82, 2.24) is 4.98 Å². The van der Waals surface area contributed by atoms with Gasteiger partial charge in [0.25, 0.3) is 0 Å². The summed E-state index contributed by atoms with van der Waals surface area (Å²) in [6.07, 6.45) is 1.68. The number of aromatic nitrogens is 1. The minimum atomic E-state index is -0.395. The standard InChI is InChI=1S/C15H16N2O/c1-11(12-7-3-2-4-8-12)14(15(16)18)13-9-5-6-10-17-13/h2-11,14H,1H3,(H2,16,18). The number of hydrogen-bond donors (Lipinski definition) is 1. The molecule has 2 aromatic rings. The summed E-state index contributed by atoms with van der Waals surface area (Å²) >= 11 is 0. The van der Waals surface area contributed by atoms with Gasteiger partial charge in [0, 0.05) is 6.20 Å². The van der Waals surface area contributed by atoms with Crippen LogP contribution in [0.4, 0.5) is 0 Å². The van der Waals surface area contributed by atoms with Crippen molar-refractivity contribution in [2.24, 2.45) is 5.73 Å². The molecule has 2 unspecified atom stereocenters. The van der Waals surface area contributed by atoms with Gasteiger partial charge in [-0.15, -0.1) is 0 Å². The van der Waals surface area contributed by atoms with Crippen molar-refractivity contribution >= 4 is 5.91 Å². The highest BCUT2D eigenvalue weighted by Crippen LogP contribution is 2.31. The molecule has 18 heavy (non-hydrogen) atoms. The van der Waals surface area contributed by atoms with E-state index in [9.17, 15) is 4.79 Å². The molecule has 1 heterocycles. The Labute approximate surface area is 107 Å². The molecule has 0 fully saturated rings. The van der Waals surface area contributed by atoms with E-state index in [0.717, 1.165) is 11.3 Å². The number of amides is 1. The minimum absolute atomic E-state index is 0.0126. The molecule has 0 aliphatic heterocycles. The smallest absolute Gasteiger partial charge is 0.227 e. The maximum absolute atomic E-state index is 11.7. The van der Waals surface area contributed by atoms with Crippen molar-refractivity contribution < 1.29 is 4.79 Å². The van der Waals surface area contributed by atoms with E-state index < -0.39 is 5.92 Å². The van der Waals surface area contributed by atoms with Crippen LogP contribution in [0, 0.1) is 0 Å². The molecule has 3 nitrogen and oxygen atoms in total. The van der Waals surface area contributed by atoms with E-state index in [4.69, 9.17) is 5.73 Å². The lowest BCUT2D eigenvalue weighted by Gasteiger charge is -2.20.